The van der Waals surface area contributed by atoms with E-state index >= 15 is 0 Å². The van der Waals surface area contributed by atoms with Crippen molar-refractivity contribution in [3.8, 4) is 0 Å². The zero-order valence-corrected chi connectivity index (χ0v) is 19.1. The van der Waals surface area contributed by atoms with Crippen molar-refractivity contribution >= 4 is 12.0 Å². The maximum absolute atomic E-state index is 13.1. The Bertz CT molecular complexity index is 964. The summed E-state index contributed by atoms with van der Waals surface area (Å²) in [5.41, 5.74) is -2.34. The summed E-state index contributed by atoms with van der Waals surface area (Å²) in [5.74, 6) is -0.685. The van der Waals surface area contributed by atoms with E-state index in [1.165, 1.54) is 0 Å². The van der Waals surface area contributed by atoms with Crippen LogP contribution in [0.3, 0.4) is 0 Å². The van der Waals surface area contributed by atoms with Gasteiger partial charge < -0.3 is 20.5 Å². The molecule has 2 amide bonds. The summed E-state index contributed by atoms with van der Waals surface area (Å²) < 4.78 is 83.9. The van der Waals surface area contributed by atoms with Gasteiger partial charge in [-0.1, -0.05) is 30.3 Å². The third kappa shape index (κ3) is 10.1. The number of benzene rings is 2. The van der Waals surface area contributed by atoms with E-state index in [0.717, 1.165) is 5.56 Å². The quantitative estimate of drug-likeness (QED) is 0.252. The van der Waals surface area contributed by atoms with Crippen LogP contribution in [0.4, 0.5) is 31.1 Å². The molecular formula is C24H26F6N2O4. The molecule has 0 fully saturated rings. The molecule has 0 aliphatic rings. The predicted octanol–water partition coefficient (Wildman–Crippen LogP) is 5.58. The Hall–Kier alpha value is -3.28. The molecule has 0 spiro atoms. The van der Waals surface area contributed by atoms with Crippen LogP contribution in [0.1, 0.15) is 47.4 Å². The van der Waals surface area contributed by atoms with E-state index in [2.05, 4.69) is 10.6 Å². The van der Waals surface area contributed by atoms with Gasteiger partial charge in [-0.2, -0.15) is 26.3 Å². The van der Waals surface area contributed by atoms with E-state index in [0.29, 0.717) is 25.0 Å². The normalized spacial score (nSPS) is 12.7. The first kappa shape index (κ1) is 29.0. The van der Waals surface area contributed by atoms with Crippen LogP contribution in [0, 0.1) is 0 Å². The third-order valence-corrected chi connectivity index (χ3v) is 5.16. The largest absolute Gasteiger partial charge is 0.465 e. The number of carbonyl (C=O) groups is 2. The van der Waals surface area contributed by atoms with Gasteiger partial charge in [0.15, 0.2) is 0 Å². The number of halogens is 6. The lowest BCUT2D eigenvalue weighted by molar-refractivity contribution is -0.143. The van der Waals surface area contributed by atoms with Crippen molar-refractivity contribution in [1.29, 1.82) is 0 Å². The first-order valence-corrected chi connectivity index (χ1v) is 11.0. The van der Waals surface area contributed by atoms with Crippen LogP contribution in [0.25, 0.3) is 0 Å². The SMILES string of the molecule is O=C(O)NCCCCC(=O)NCC(COCc1cc(C(F)(F)F)cc(C(F)(F)F)c1)c1ccccc1. The first-order chi connectivity index (χ1) is 16.9. The fourth-order valence-corrected chi connectivity index (χ4v) is 3.35. The summed E-state index contributed by atoms with van der Waals surface area (Å²) in [5, 5.41) is 13.4. The van der Waals surface area contributed by atoms with E-state index in [4.69, 9.17) is 9.84 Å². The number of carboxylic acid groups (broad SMARTS) is 1. The number of amides is 2. The highest BCUT2D eigenvalue weighted by Crippen LogP contribution is 2.36. The molecule has 0 bridgehead atoms. The highest BCUT2D eigenvalue weighted by atomic mass is 19.4. The van der Waals surface area contributed by atoms with Crippen LogP contribution in [-0.2, 0) is 28.5 Å². The van der Waals surface area contributed by atoms with Gasteiger partial charge in [0.2, 0.25) is 5.91 Å². The second kappa shape index (κ2) is 13.1. The van der Waals surface area contributed by atoms with Gasteiger partial charge in [0.05, 0.1) is 24.3 Å². The van der Waals surface area contributed by atoms with Gasteiger partial charge in [-0.25, -0.2) is 4.79 Å². The molecule has 2 aromatic rings. The second-order valence-corrected chi connectivity index (χ2v) is 8.03. The Morgan fingerprint density at radius 3 is 2.06 bits per heavy atom. The number of unbranched alkanes of at least 4 members (excludes halogenated alkanes) is 1. The zero-order valence-electron chi connectivity index (χ0n) is 19.1. The minimum absolute atomic E-state index is 0.0591. The van der Waals surface area contributed by atoms with E-state index in [9.17, 15) is 35.9 Å². The van der Waals surface area contributed by atoms with Crippen molar-refractivity contribution in [2.45, 2.75) is 44.1 Å². The minimum atomic E-state index is -4.95. The number of hydrogen-bond donors (Lipinski definition) is 3. The number of ether oxygens (including phenoxy) is 1. The zero-order chi connectivity index (χ0) is 26.8. The molecular weight excluding hydrogens is 494 g/mol. The molecule has 0 aliphatic carbocycles. The Kier molecular flexibility index (Phi) is 10.6. The van der Waals surface area contributed by atoms with Crippen LogP contribution in [0.5, 0.6) is 0 Å². The molecule has 6 nitrogen and oxygen atoms in total. The van der Waals surface area contributed by atoms with E-state index in [-0.39, 0.29) is 43.7 Å². The standard InChI is InChI=1S/C24H26F6N2O4/c25-23(26,27)19-10-16(11-20(12-19)24(28,29)30)14-36-15-18(17-6-2-1-3-7-17)13-32-21(33)8-4-5-9-31-22(34)35/h1-3,6-7,10-12,18,31H,4-5,8-9,13-15H2,(H,32,33)(H,34,35). The van der Waals surface area contributed by atoms with Crippen molar-refractivity contribution < 1.29 is 45.8 Å². The smallest absolute Gasteiger partial charge is 0.416 e. The molecule has 0 saturated carbocycles. The summed E-state index contributed by atoms with van der Waals surface area (Å²) >= 11 is 0. The molecule has 36 heavy (non-hydrogen) atoms. The van der Waals surface area contributed by atoms with Gasteiger partial charge in [-0.15, -0.1) is 0 Å². The third-order valence-electron chi connectivity index (χ3n) is 5.16. The molecule has 0 heterocycles. The Balaban J connectivity index is 1.99. The van der Waals surface area contributed by atoms with Crippen LogP contribution >= 0.6 is 0 Å². The summed E-state index contributed by atoms with van der Waals surface area (Å²) in [6.45, 7) is -0.202. The maximum Gasteiger partial charge on any atom is 0.416 e. The van der Waals surface area contributed by atoms with Crippen molar-refractivity contribution in [3.05, 3.63) is 70.8 Å². The second-order valence-electron chi connectivity index (χ2n) is 8.03. The van der Waals surface area contributed by atoms with Crippen molar-refractivity contribution in [2.75, 3.05) is 19.7 Å². The maximum atomic E-state index is 13.1. The number of carbonyl (C=O) groups excluding carboxylic acids is 1. The molecule has 1 unspecified atom stereocenters. The number of nitrogens with one attached hydrogen (secondary N) is 2. The first-order valence-electron chi connectivity index (χ1n) is 11.0. The lowest BCUT2D eigenvalue weighted by Gasteiger charge is -2.19. The molecule has 0 aromatic heterocycles. The molecule has 12 heteroatoms. The van der Waals surface area contributed by atoms with E-state index < -0.39 is 42.1 Å². The van der Waals surface area contributed by atoms with Gasteiger partial charge in [-0.05, 0) is 42.2 Å². The highest BCUT2D eigenvalue weighted by Gasteiger charge is 2.36. The number of alkyl halides is 6. The van der Waals surface area contributed by atoms with Gasteiger partial charge >= 0.3 is 18.4 Å². The molecule has 3 N–H and O–H groups in total. The van der Waals surface area contributed by atoms with Crippen LogP contribution in [0.2, 0.25) is 0 Å². The van der Waals surface area contributed by atoms with Crippen LogP contribution in [0.15, 0.2) is 48.5 Å². The average Bonchev–Trinajstić information content (AvgIpc) is 2.80. The molecule has 0 aliphatic heterocycles. The van der Waals surface area contributed by atoms with E-state index in [1.54, 1.807) is 30.3 Å². The average molecular weight is 520 g/mol. The lowest BCUT2D eigenvalue weighted by Crippen LogP contribution is -2.30. The number of rotatable bonds is 12. The Morgan fingerprint density at radius 1 is 0.889 bits per heavy atom. The fourth-order valence-electron chi connectivity index (χ4n) is 3.35. The molecule has 2 aromatic carbocycles. The van der Waals surface area contributed by atoms with Crippen molar-refractivity contribution in [3.63, 3.8) is 0 Å². The Labute approximate surface area is 203 Å². The van der Waals surface area contributed by atoms with Crippen molar-refractivity contribution in [2.24, 2.45) is 0 Å². The van der Waals surface area contributed by atoms with Crippen molar-refractivity contribution in [1.82, 2.24) is 10.6 Å². The number of hydrogen-bond acceptors (Lipinski definition) is 3. The highest BCUT2D eigenvalue weighted by molar-refractivity contribution is 5.75. The monoisotopic (exact) mass is 520 g/mol. The van der Waals surface area contributed by atoms with Gasteiger partial charge in [0.1, 0.15) is 0 Å². The molecule has 1 atom stereocenters. The molecule has 2 rings (SSSR count). The predicted molar refractivity (Wildman–Crippen MR) is 118 cm³/mol. The van der Waals surface area contributed by atoms with Gasteiger partial charge in [0.25, 0.3) is 0 Å². The molecule has 198 valence electrons. The molecule has 0 saturated heterocycles. The summed E-state index contributed by atoms with van der Waals surface area (Å²) in [6, 6.07) is 10.1. The summed E-state index contributed by atoms with van der Waals surface area (Å²) in [6.07, 6.45) is -9.95. The Morgan fingerprint density at radius 2 is 1.50 bits per heavy atom. The van der Waals surface area contributed by atoms with E-state index in [1.807, 2.05) is 0 Å². The lowest BCUT2D eigenvalue weighted by atomic mass is 10.00. The topological polar surface area (TPSA) is 87.7 Å². The van der Waals surface area contributed by atoms with Crippen LogP contribution < -0.4 is 10.6 Å². The fraction of sp³-hybridized carbons (Fsp3) is 0.417. The minimum Gasteiger partial charge on any atom is -0.465 e. The van der Waals surface area contributed by atoms with Gasteiger partial charge in [0, 0.05) is 25.4 Å². The molecule has 0 radical (unpaired) electrons. The van der Waals surface area contributed by atoms with Crippen LogP contribution in [-0.4, -0.2) is 36.8 Å². The summed E-state index contributed by atoms with van der Waals surface area (Å²) in [4.78, 5) is 22.5. The summed E-state index contributed by atoms with van der Waals surface area (Å²) in [7, 11) is 0. The van der Waals surface area contributed by atoms with Gasteiger partial charge in [-0.3, -0.25) is 4.79 Å².